The van der Waals surface area contributed by atoms with Crippen LogP contribution in [0, 0.1) is 0 Å². The van der Waals surface area contributed by atoms with Crippen LogP contribution in [0.5, 0.6) is 0 Å². The molecule has 29 heavy (non-hydrogen) atoms. The number of carbonyl (C=O) groups is 3. The van der Waals surface area contributed by atoms with E-state index in [0.29, 0.717) is 10.6 Å². The van der Waals surface area contributed by atoms with E-state index >= 15 is 0 Å². The minimum Gasteiger partial charge on any atom is -0.372 e. The number of imide groups is 1. The molecule has 2 fully saturated rings. The minimum atomic E-state index is -0.438. The third-order valence-corrected chi connectivity index (χ3v) is 5.80. The highest BCUT2D eigenvalue weighted by molar-refractivity contribution is 8.18. The second kappa shape index (κ2) is 8.53. The normalized spacial score (nSPS) is 18.0. The Bertz CT molecular complexity index is 951. The van der Waals surface area contributed by atoms with Gasteiger partial charge in [-0.25, -0.2) is 0 Å². The summed E-state index contributed by atoms with van der Waals surface area (Å²) in [5.41, 5.74) is 2.65. The summed E-state index contributed by atoms with van der Waals surface area (Å²) in [6, 6.07) is 16.9. The van der Waals surface area contributed by atoms with Gasteiger partial charge in [0.15, 0.2) is 0 Å². The molecule has 0 bridgehead atoms. The number of thioether (sulfide) groups is 1. The number of para-hydroxylation sites is 1. The van der Waals surface area contributed by atoms with E-state index in [2.05, 4.69) is 10.2 Å². The fraction of sp³-hybridized carbons (Fsp3) is 0.227. The monoisotopic (exact) mass is 407 g/mol. The number of rotatable bonds is 5. The summed E-state index contributed by atoms with van der Waals surface area (Å²) in [5, 5.41) is 2.26. The Morgan fingerprint density at radius 2 is 1.69 bits per heavy atom. The van der Waals surface area contributed by atoms with Gasteiger partial charge in [-0.15, -0.1) is 0 Å². The summed E-state index contributed by atoms with van der Waals surface area (Å²) >= 11 is 0.863. The zero-order valence-electron chi connectivity index (χ0n) is 15.8. The van der Waals surface area contributed by atoms with Gasteiger partial charge >= 0.3 is 0 Å². The summed E-state index contributed by atoms with van der Waals surface area (Å²) in [6.07, 6.45) is 4.13. The summed E-state index contributed by atoms with van der Waals surface area (Å²) in [7, 11) is 0. The Morgan fingerprint density at radius 1 is 1.00 bits per heavy atom. The Hall–Kier alpha value is -3.06. The van der Waals surface area contributed by atoms with Crippen LogP contribution in [0.2, 0.25) is 0 Å². The summed E-state index contributed by atoms with van der Waals surface area (Å²) in [4.78, 5) is 40.7. The molecule has 6 nitrogen and oxygen atoms in total. The lowest BCUT2D eigenvalue weighted by atomic mass is 10.2. The van der Waals surface area contributed by atoms with Crippen molar-refractivity contribution in [2.24, 2.45) is 0 Å². The molecule has 0 radical (unpaired) electrons. The Morgan fingerprint density at radius 3 is 2.38 bits per heavy atom. The molecule has 2 heterocycles. The van der Waals surface area contributed by atoms with E-state index < -0.39 is 17.1 Å². The number of amides is 3. The SMILES string of the molecule is O=C(CN1C(=O)S/C(=C\c2ccc(N3CCCC3)cc2)C1=O)Nc1ccccc1. The quantitative estimate of drug-likeness (QED) is 0.760. The standard InChI is InChI=1S/C22H21N3O3S/c26-20(23-17-6-2-1-3-7-17)15-25-21(27)19(29-22(25)28)14-16-8-10-18(11-9-16)24-12-4-5-13-24/h1-3,6-11,14H,4-5,12-13,15H2,(H,23,26)/b19-14-. The van der Waals surface area contributed by atoms with Crippen LogP contribution in [0.15, 0.2) is 59.5 Å². The highest BCUT2D eigenvalue weighted by Crippen LogP contribution is 2.32. The molecule has 0 atom stereocenters. The molecule has 1 N–H and O–H groups in total. The van der Waals surface area contributed by atoms with Crippen molar-refractivity contribution in [2.75, 3.05) is 29.9 Å². The van der Waals surface area contributed by atoms with Gasteiger partial charge < -0.3 is 10.2 Å². The van der Waals surface area contributed by atoms with E-state index in [-0.39, 0.29) is 6.54 Å². The lowest BCUT2D eigenvalue weighted by molar-refractivity contribution is -0.127. The summed E-state index contributed by atoms with van der Waals surface area (Å²) in [5.74, 6) is -0.846. The number of anilines is 2. The number of hydrogen-bond donors (Lipinski definition) is 1. The maximum absolute atomic E-state index is 12.6. The van der Waals surface area contributed by atoms with Crippen LogP contribution in [-0.4, -0.2) is 41.6 Å². The highest BCUT2D eigenvalue weighted by Gasteiger charge is 2.36. The van der Waals surface area contributed by atoms with Crippen molar-refractivity contribution in [3.05, 3.63) is 65.1 Å². The molecular weight excluding hydrogens is 386 g/mol. The predicted molar refractivity (Wildman–Crippen MR) is 116 cm³/mol. The molecule has 148 valence electrons. The fourth-order valence-corrected chi connectivity index (χ4v) is 4.25. The van der Waals surface area contributed by atoms with Crippen molar-refractivity contribution in [3.8, 4) is 0 Å². The maximum atomic E-state index is 12.6. The van der Waals surface area contributed by atoms with E-state index in [1.165, 1.54) is 18.5 Å². The number of nitrogens with zero attached hydrogens (tertiary/aromatic N) is 2. The van der Waals surface area contributed by atoms with Crippen LogP contribution >= 0.6 is 11.8 Å². The predicted octanol–water partition coefficient (Wildman–Crippen LogP) is 3.96. The van der Waals surface area contributed by atoms with Gasteiger partial charge in [0.25, 0.3) is 11.1 Å². The summed E-state index contributed by atoms with van der Waals surface area (Å²) in [6.45, 7) is 1.84. The van der Waals surface area contributed by atoms with Gasteiger partial charge in [-0.05, 0) is 60.5 Å². The van der Waals surface area contributed by atoms with Crippen molar-refractivity contribution in [3.63, 3.8) is 0 Å². The minimum absolute atomic E-state index is 0.301. The van der Waals surface area contributed by atoms with Crippen molar-refractivity contribution in [1.29, 1.82) is 0 Å². The summed E-state index contributed by atoms with van der Waals surface area (Å²) < 4.78 is 0. The van der Waals surface area contributed by atoms with E-state index in [0.717, 1.165) is 35.3 Å². The number of hydrogen-bond acceptors (Lipinski definition) is 5. The Kier molecular flexibility index (Phi) is 5.67. The van der Waals surface area contributed by atoms with Gasteiger partial charge in [-0.3, -0.25) is 19.3 Å². The van der Waals surface area contributed by atoms with Crippen LogP contribution in [0.1, 0.15) is 18.4 Å². The molecule has 2 aliphatic rings. The molecule has 0 aliphatic carbocycles. The average Bonchev–Trinajstić information content (AvgIpc) is 3.34. The first-order chi connectivity index (χ1) is 14.1. The lowest BCUT2D eigenvalue weighted by Crippen LogP contribution is -2.36. The van der Waals surface area contributed by atoms with Crippen LogP contribution in [0.25, 0.3) is 6.08 Å². The van der Waals surface area contributed by atoms with Gasteiger partial charge in [0.2, 0.25) is 5.91 Å². The molecule has 4 rings (SSSR count). The van der Waals surface area contributed by atoms with Crippen molar-refractivity contribution in [2.45, 2.75) is 12.8 Å². The van der Waals surface area contributed by atoms with Gasteiger partial charge in [-0.2, -0.15) is 0 Å². The molecule has 2 aliphatic heterocycles. The molecule has 7 heteroatoms. The number of benzene rings is 2. The van der Waals surface area contributed by atoms with Gasteiger partial charge in [0.1, 0.15) is 6.54 Å². The first-order valence-electron chi connectivity index (χ1n) is 9.55. The van der Waals surface area contributed by atoms with Crippen LogP contribution < -0.4 is 10.2 Å². The van der Waals surface area contributed by atoms with Crippen LogP contribution in [0.4, 0.5) is 16.2 Å². The van der Waals surface area contributed by atoms with E-state index in [9.17, 15) is 14.4 Å². The number of nitrogens with one attached hydrogen (secondary N) is 1. The molecule has 3 amide bonds. The van der Waals surface area contributed by atoms with Gasteiger partial charge in [-0.1, -0.05) is 30.3 Å². The van der Waals surface area contributed by atoms with Crippen molar-refractivity contribution >= 4 is 46.3 Å². The van der Waals surface area contributed by atoms with Crippen LogP contribution in [-0.2, 0) is 9.59 Å². The fourth-order valence-electron chi connectivity index (χ4n) is 3.41. The largest absolute Gasteiger partial charge is 0.372 e. The second-order valence-electron chi connectivity index (χ2n) is 6.97. The van der Waals surface area contributed by atoms with Crippen molar-refractivity contribution in [1.82, 2.24) is 4.90 Å². The third-order valence-electron chi connectivity index (χ3n) is 4.89. The van der Waals surface area contributed by atoms with Gasteiger partial charge in [0, 0.05) is 24.5 Å². The number of carbonyl (C=O) groups excluding carboxylic acids is 3. The van der Waals surface area contributed by atoms with E-state index in [1.54, 1.807) is 30.3 Å². The zero-order valence-corrected chi connectivity index (χ0v) is 16.7. The molecule has 0 saturated carbocycles. The average molecular weight is 407 g/mol. The molecular formula is C22H21N3O3S. The molecule has 0 spiro atoms. The Labute approximate surface area is 173 Å². The molecule has 2 aromatic rings. The van der Waals surface area contributed by atoms with Crippen molar-refractivity contribution < 1.29 is 14.4 Å². The smallest absolute Gasteiger partial charge is 0.294 e. The first-order valence-corrected chi connectivity index (χ1v) is 10.4. The van der Waals surface area contributed by atoms with Crippen LogP contribution in [0.3, 0.4) is 0 Å². The van der Waals surface area contributed by atoms with E-state index in [4.69, 9.17) is 0 Å². The zero-order chi connectivity index (χ0) is 20.2. The molecule has 2 aromatic carbocycles. The van der Waals surface area contributed by atoms with Gasteiger partial charge in [0.05, 0.1) is 4.91 Å². The third kappa shape index (κ3) is 4.51. The molecule has 2 saturated heterocycles. The highest BCUT2D eigenvalue weighted by atomic mass is 32.2. The molecule has 0 unspecified atom stereocenters. The second-order valence-corrected chi connectivity index (χ2v) is 7.96. The Balaban J connectivity index is 1.41. The first kappa shape index (κ1) is 19.3. The van der Waals surface area contributed by atoms with E-state index in [1.807, 2.05) is 30.3 Å². The lowest BCUT2D eigenvalue weighted by Gasteiger charge is -2.17. The molecule has 0 aromatic heterocycles. The topological polar surface area (TPSA) is 69.7 Å². The maximum Gasteiger partial charge on any atom is 0.294 e.